The summed E-state index contributed by atoms with van der Waals surface area (Å²) in [5.74, 6) is -0.914. The summed E-state index contributed by atoms with van der Waals surface area (Å²) in [5.41, 5.74) is 7.84. The summed E-state index contributed by atoms with van der Waals surface area (Å²) >= 11 is 6.22. The third-order valence-corrected chi connectivity index (χ3v) is 5.33. The molecule has 22 heavy (non-hydrogen) atoms. The molecular formula is C13H14N2O4S3. The highest BCUT2D eigenvalue weighted by molar-refractivity contribution is 8.26. The Kier molecular flexibility index (Phi) is 4.90. The molecule has 1 heterocycles. The van der Waals surface area contributed by atoms with Crippen LogP contribution in [0.25, 0.3) is 5.57 Å². The van der Waals surface area contributed by atoms with Crippen LogP contribution in [-0.2, 0) is 14.9 Å². The molecule has 9 heteroatoms. The Hall–Kier alpha value is -1.42. The van der Waals surface area contributed by atoms with Crippen LogP contribution in [0, 0.1) is 0 Å². The van der Waals surface area contributed by atoms with Crippen molar-refractivity contribution in [1.29, 1.82) is 0 Å². The van der Waals surface area contributed by atoms with Crippen LogP contribution >= 0.6 is 24.0 Å². The van der Waals surface area contributed by atoms with E-state index in [9.17, 15) is 13.2 Å². The number of carbonyl (C=O) groups excluding carboxylic acids is 1. The average Bonchev–Trinajstić information content (AvgIpc) is 2.70. The molecule has 1 aromatic rings. The van der Waals surface area contributed by atoms with E-state index in [1.54, 1.807) is 25.1 Å². The van der Waals surface area contributed by atoms with Gasteiger partial charge in [-0.1, -0.05) is 36.1 Å². The number of rotatable bonds is 4. The van der Waals surface area contributed by atoms with Crippen LogP contribution in [0.5, 0.6) is 0 Å². The zero-order valence-corrected chi connectivity index (χ0v) is 14.1. The minimum absolute atomic E-state index is 0.169. The maximum atomic E-state index is 12.4. The number of amides is 1. The summed E-state index contributed by atoms with van der Waals surface area (Å²) in [4.78, 5) is 14.0. The number of nitrogens with zero attached hydrogens (tertiary/aromatic N) is 1. The smallest absolute Gasteiger partial charge is 0.266 e. The Morgan fingerprint density at radius 3 is 2.73 bits per heavy atom. The molecule has 0 atom stereocenters. The highest BCUT2D eigenvalue weighted by atomic mass is 32.2. The molecule has 1 saturated heterocycles. The Morgan fingerprint density at radius 2 is 2.14 bits per heavy atom. The van der Waals surface area contributed by atoms with E-state index in [4.69, 9.17) is 22.5 Å². The van der Waals surface area contributed by atoms with Crippen LogP contribution < -0.4 is 5.73 Å². The van der Waals surface area contributed by atoms with E-state index in [1.807, 2.05) is 6.07 Å². The number of nitrogen functional groups attached to an aromatic ring is 1. The van der Waals surface area contributed by atoms with Crippen molar-refractivity contribution in [2.45, 2.75) is 6.92 Å². The third kappa shape index (κ3) is 3.86. The predicted molar refractivity (Wildman–Crippen MR) is 91.8 cm³/mol. The van der Waals surface area contributed by atoms with Crippen molar-refractivity contribution >= 4 is 55.6 Å². The van der Waals surface area contributed by atoms with Crippen molar-refractivity contribution in [2.75, 3.05) is 18.0 Å². The van der Waals surface area contributed by atoms with Crippen molar-refractivity contribution in [3.05, 3.63) is 34.7 Å². The average molecular weight is 358 g/mol. The standard InChI is InChI=1S/C13H14N2O4S3/c1-8(9-3-2-4-10(14)7-9)11-12(16)15(13(20)21-11)5-6-22(17,18)19/h2-4,7H,5-6,14H2,1H3,(H,17,18,19). The lowest BCUT2D eigenvalue weighted by Crippen LogP contribution is -2.32. The molecule has 1 aliphatic rings. The van der Waals surface area contributed by atoms with Crippen LogP contribution in [0.2, 0.25) is 0 Å². The van der Waals surface area contributed by atoms with Crippen LogP contribution in [0.4, 0.5) is 5.69 Å². The Morgan fingerprint density at radius 1 is 1.45 bits per heavy atom. The Bertz CT molecular complexity index is 771. The van der Waals surface area contributed by atoms with Gasteiger partial charge in [0, 0.05) is 12.2 Å². The van der Waals surface area contributed by atoms with Gasteiger partial charge in [-0.15, -0.1) is 0 Å². The fourth-order valence-electron chi connectivity index (χ4n) is 1.93. The monoisotopic (exact) mass is 358 g/mol. The van der Waals surface area contributed by atoms with Crippen LogP contribution in [0.3, 0.4) is 0 Å². The number of thiocarbonyl (C=S) groups is 1. The number of hydrogen-bond acceptors (Lipinski definition) is 6. The molecule has 6 nitrogen and oxygen atoms in total. The fourth-order valence-corrected chi connectivity index (χ4v) is 3.70. The van der Waals surface area contributed by atoms with Gasteiger partial charge in [0.1, 0.15) is 4.32 Å². The van der Waals surface area contributed by atoms with Gasteiger partial charge in [-0.3, -0.25) is 14.2 Å². The van der Waals surface area contributed by atoms with Gasteiger partial charge in [0.2, 0.25) is 0 Å². The van der Waals surface area contributed by atoms with Gasteiger partial charge in [0.05, 0.1) is 10.7 Å². The number of benzene rings is 1. The zero-order chi connectivity index (χ0) is 16.5. The molecule has 0 unspecified atom stereocenters. The first kappa shape index (κ1) is 16.9. The molecule has 3 N–H and O–H groups in total. The number of nitrogens with two attached hydrogens (primary N) is 1. The first-order chi connectivity index (χ1) is 10.2. The molecule has 0 aromatic heterocycles. The Labute approximate surface area is 138 Å². The van der Waals surface area contributed by atoms with Gasteiger partial charge in [-0.2, -0.15) is 8.42 Å². The topological polar surface area (TPSA) is 101 Å². The second kappa shape index (κ2) is 6.37. The molecule has 1 aliphatic heterocycles. The summed E-state index contributed by atoms with van der Waals surface area (Å²) in [7, 11) is -4.15. The van der Waals surface area contributed by atoms with E-state index < -0.39 is 15.9 Å². The summed E-state index contributed by atoms with van der Waals surface area (Å²) in [5, 5.41) is 0. The van der Waals surface area contributed by atoms with Crippen molar-refractivity contribution < 1.29 is 17.8 Å². The van der Waals surface area contributed by atoms with Gasteiger partial charge in [-0.25, -0.2) is 0 Å². The summed E-state index contributed by atoms with van der Waals surface area (Å²) in [6, 6.07) is 7.11. The van der Waals surface area contributed by atoms with Gasteiger partial charge < -0.3 is 5.73 Å². The second-order valence-corrected chi connectivity index (χ2v) is 7.91. The van der Waals surface area contributed by atoms with Crippen molar-refractivity contribution in [3.8, 4) is 0 Å². The van der Waals surface area contributed by atoms with Gasteiger partial charge in [0.25, 0.3) is 16.0 Å². The van der Waals surface area contributed by atoms with E-state index in [0.29, 0.717) is 10.6 Å². The molecule has 2 rings (SSSR count). The largest absolute Gasteiger partial charge is 0.399 e. The van der Waals surface area contributed by atoms with Gasteiger partial charge >= 0.3 is 0 Å². The Balaban J connectivity index is 2.29. The van der Waals surface area contributed by atoms with E-state index in [-0.39, 0.29) is 16.8 Å². The maximum absolute atomic E-state index is 12.4. The maximum Gasteiger partial charge on any atom is 0.266 e. The molecule has 0 spiro atoms. The molecular weight excluding hydrogens is 344 g/mol. The van der Waals surface area contributed by atoms with Crippen LogP contribution in [0.15, 0.2) is 29.2 Å². The summed E-state index contributed by atoms with van der Waals surface area (Å²) in [6.45, 7) is 1.61. The van der Waals surface area contributed by atoms with Crippen molar-refractivity contribution in [3.63, 3.8) is 0 Å². The molecule has 0 saturated carbocycles. The number of anilines is 1. The number of hydrogen-bond donors (Lipinski definition) is 2. The molecule has 118 valence electrons. The minimum Gasteiger partial charge on any atom is -0.399 e. The van der Waals surface area contributed by atoms with Crippen LogP contribution in [0.1, 0.15) is 12.5 Å². The number of carbonyl (C=O) groups is 1. The van der Waals surface area contributed by atoms with Gasteiger partial charge in [-0.05, 0) is 30.2 Å². The zero-order valence-electron chi connectivity index (χ0n) is 11.6. The minimum atomic E-state index is -4.15. The van der Waals surface area contributed by atoms with Crippen molar-refractivity contribution in [1.82, 2.24) is 4.90 Å². The third-order valence-electron chi connectivity index (χ3n) is 3.08. The summed E-state index contributed by atoms with van der Waals surface area (Å²) < 4.78 is 30.7. The SMILES string of the molecule is CC(=C1SC(=S)N(CCS(=O)(=O)O)C1=O)c1cccc(N)c1. The quantitative estimate of drug-likeness (QED) is 0.366. The fraction of sp³-hybridized carbons (Fsp3) is 0.231. The lowest BCUT2D eigenvalue weighted by atomic mass is 10.1. The highest BCUT2D eigenvalue weighted by Crippen LogP contribution is 2.36. The first-order valence-corrected chi connectivity index (χ1v) is 9.08. The first-order valence-electron chi connectivity index (χ1n) is 6.24. The van der Waals surface area contributed by atoms with Crippen molar-refractivity contribution in [2.24, 2.45) is 0 Å². The molecule has 0 aliphatic carbocycles. The summed E-state index contributed by atoms with van der Waals surface area (Å²) in [6.07, 6.45) is 0. The number of allylic oxidation sites excluding steroid dienone is 1. The highest BCUT2D eigenvalue weighted by Gasteiger charge is 2.34. The molecule has 1 amide bonds. The molecule has 0 radical (unpaired) electrons. The van der Waals surface area contributed by atoms with E-state index in [1.165, 1.54) is 4.90 Å². The number of thioether (sulfide) groups is 1. The van der Waals surface area contributed by atoms with Crippen LogP contribution in [-0.4, -0.2) is 40.4 Å². The lowest BCUT2D eigenvalue weighted by Gasteiger charge is -2.13. The predicted octanol–water partition coefficient (Wildman–Crippen LogP) is 1.75. The van der Waals surface area contributed by atoms with E-state index in [2.05, 4.69) is 0 Å². The molecule has 1 aromatic carbocycles. The lowest BCUT2D eigenvalue weighted by molar-refractivity contribution is -0.121. The van der Waals surface area contributed by atoms with E-state index >= 15 is 0 Å². The molecule has 0 bridgehead atoms. The second-order valence-electron chi connectivity index (χ2n) is 4.69. The van der Waals surface area contributed by atoms with Gasteiger partial charge in [0.15, 0.2) is 0 Å². The normalized spacial score (nSPS) is 18.0. The van der Waals surface area contributed by atoms with E-state index in [0.717, 1.165) is 22.9 Å². The molecule has 1 fully saturated rings.